The van der Waals surface area contributed by atoms with E-state index in [4.69, 9.17) is 4.74 Å². The number of anilines is 1. The number of amides is 1. The molecule has 0 bridgehead atoms. The number of rotatable bonds is 6. The van der Waals surface area contributed by atoms with Crippen LogP contribution in [0.1, 0.15) is 23.2 Å². The van der Waals surface area contributed by atoms with Crippen LogP contribution in [0.3, 0.4) is 0 Å². The summed E-state index contributed by atoms with van der Waals surface area (Å²) in [6.45, 7) is 0. The van der Waals surface area contributed by atoms with Crippen LogP contribution in [-0.4, -0.2) is 18.8 Å². The Morgan fingerprint density at radius 1 is 1.04 bits per heavy atom. The number of Topliss-reactive ketones (excluding diaryl/α,β-unsaturated/α-hetero) is 1. The summed E-state index contributed by atoms with van der Waals surface area (Å²) in [7, 11) is 1.52. The molecule has 2 aromatic carbocycles. The van der Waals surface area contributed by atoms with Crippen LogP contribution < -0.4 is 10.1 Å². The Labute approximate surface area is 132 Å². The van der Waals surface area contributed by atoms with Gasteiger partial charge in [-0.05, 0) is 36.4 Å². The monoisotopic (exact) mass is 319 g/mol. The predicted molar refractivity (Wildman–Crippen MR) is 81.5 cm³/mol. The minimum Gasteiger partial charge on any atom is -0.497 e. The number of hydrogen-bond donors (Lipinski definition) is 1. The SMILES string of the molecule is COc1ccc(C(=O)CCC(=O)Nc2cc(F)ccc2F)cc1. The average molecular weight is 319 g/mol. The number of ether oxygens (including phenoxy) is 1. The maximum atomic E-state index is 13.4. The normalized spacial score (nSPS) is 10.2. The van der Waals surface area contributed by atoms with Crippen LogP contribution in [0, 0.1) is 11.6 Å². The van der Waals surface area contributed by atoms with Crippen LogP contribution in [0.2, 0.25) is 0 Å². The Bertz CT molecular complexity index is 714. The summed E-state index contributed by atoms with van der Waals surface area (Å²) in [5, 5.41) is 2.25. The highest BCUT2D eigenvalue weighted by molar-refractivity contribution is 6.00. The fourth-order valence-electron chi connectivity index (χ4n) is 1.95. The Balaban J connectivity index is 1.90. The Kier molecular flexibility index (Phi) is 5.41. The molecule has 2 rings (SSSR count). The van der Waals surface area contributed by atoms with E-state index < -0.39 is 17.5 Å². The largest absolute Gasteiger partial charge is 0.497 e. The number of carbonyl (C=O) groups excluding carboxylic acids is 2. The van der Waals surface area contributed by atoms with Gasteiger partial charge in [-0.25, -0.2) is 8.78 Å². The molecule has 120 valence electrons. The van der Waals surface area contributed by atoms with Crippen molar-refractivity contribution in [2.75, 3.05) is 12.4 Å². The van der Waals surface area contributed by atoms with Gasteiger partial charge in [-0.15, -0.1) is 0 Å². The van der Waals surface area contributed by atoms with Gasteiger partial charge in [0.25, 0.3) is 0 Å². The number of benzene rings is 2. The topological polar surface area (TPSA) is 55.4 Å². The lowest BCUT2D eigenvalue weighted by Crippen LogP contribution is -2.14. The molecule has 0 atom stereocenters. The Morgan fingerprint density at radius 2 is 1.74 bits per heavy atom. The fraction of sp³-hybridized carbons (Fsp3) is 0.176. The van der Waals surface area contributed by atoms with E-state index >= 15 is 0 Å². The van der Waals surface area contributed by atoms with Crippen molar-refractivity contribution in [1.29, 1.82) is 0 Å². The van der Waals surface area contributed by atoms with Gasteiger partial charge in [-0.2, -0.15) is 0 Å². The molecule has 4 nitrogen and oxygen atoms in total. The van der Waals surface area contributed by atoms with Crippen molar-refractivity contribution in [3.05, 3.63) is 59.7 Å². The number of halogens is 2. The third-order valence-electron chi connectivity index (χ3n) is 3.19. The smallest absolute Gasteiger partial charge is 0.224 e. The van der Waals surface area contributed by atoms with Crippen molar-refractivity contribution in [1.82, 2.24) is 0 Å². The fourth-order valence-corrected chi connectivity index (χ4v) is 1.95. The van der Waals surface area contributed by atoms with Gasteiger partial charge in [0.05, 0.1) is 12.8 Å². The van der Waals surface area contributed by atoms with Crippen LogP contribution in [-0.2, 0) is 4.79 Å². The molecule has 0 fully saturated rings. The number of carbonyl (C=O) groups is 2. The maximum absolute atomic E-state index is 13.4. The lowest BCUT2D eigenvalue weighted by Gasteiger charge is -2.06. The van der Waals surface area contributed by atoms with Gasteiger partial charge in [0.2, 0.25) is 5.91 Å². The summed E-state index contributed by atoms with van der Waals surface area (Å²) in [6, 6.07) is 9.27. The molecule has 0 saturated carbocycles. The molecule has 0 heterocycles. The molecule has 0 radical (unpaired) electrons. The molecule has 1 amide bonds. The summed E-state index contributed by atoms with van der Waals surface area (Å²) >= 11 is 0. The van der Waals surface area contributed by atoms with Crippen LogP contribution in [0.5, 0.6) is 5.75 Å². The maximum Gasteiger partial charge on any atom is 0.224 e. The van der Waals surface area contributed by atoms with E-state index in [2.05, 4.69) is 5.32 Å². The molecule has 0 spiro atoms. The molecule has 23 heavy (non-hydrogen) atoms. The molecular formula is C17H15F2NO3. The van der Waals surface area contributed by atoms with Crippen molar-refractivity contribution < 1.29 is 23.1 Å². The van der Waals surface area contributed by atoms with Gasteiger partial charge >= 0.3 is 0 Å². The molecule has 0 aliphatic heterocycles. The van der Waals surface area contributed by atoms with Crippen LogP contribution in [0.4, 0.5) is 14.5 Å². The highest BCUT2D eigenvalue weighted by atomic mass is 19.1. The highest BCUT2D eigenvalue weighted by Gasteiger charge is 2.12. The second kappa shape index (κ2) is 7.49. The highest BCUT2D eigenvalue weighted by Crippen LogP contribution is 2.17. The first-order valence-corrected chi connectivity index (χ1v) is 6.92. The van der Waals surface area contributed by atoms with Crippen molar-refractivity contribution >= 4 is 17.4 Å². The van der Waals surface area contributed by atoms with Crippen molar-refractivity contribution in [3.8, 4) is 5.75 Å². The minimum atomic E-state index is -0.735. The van der Waals surface area contributed by atoms with Gasteiger partial charge in [-0.3, -0.25) is 9.59 Å². The number of ketones is 1. The van der Waals surface area contributed by atoms with E-state index in [-0.39, 0.29) is 24.3 Å². The van der Waals surface area contributed by atoms with Gasteiger partial charge < -0.3 is 10.1 Å². The first-order valence-electron chi connectivity index (χ1n) is 6.92. The van der Waals surface area contributed by atoms with E-state index in [1.54, 1.807) is 24.3 Å². The molecule has 6 heteroatoms. The summed E-state index contributed by atoms with van der Waals surface area (Å²) < 4.78 is 31.4. The molecule has 1 N–H and O–H groups in total. The molecule has 0 saturated heterocycles. The lowest BCUT2D eigenvalue weighted by atomic mass is 10.1. The number of methoxy groups -OCH3 is 1. The Hall–Kier alpha value is -2.76. The quantitative estimate of drug-likeness (QED) is 0.828. The summed E-state index contributed by atoms with van der Waals surface area (Å²) in [5.41, 5.74) is 0.211. The molecule has 2 aromatic rings. The molecular weight excluding hydrogens is 304 g/mol. The van der Waals surface area contributed by atoms with E-state index in [0.717, 1.165) is 18.2 Å². The van der Waals surface area contributed by atoms with Gasteiger partial charge in [0.1, 0.15) is 17.4 Å². The van der Waals surface area contributed by atoms with Crippen molar-refractivity contribution in [3.63, 3.8) is 0 Å². The molecule has 0 aliphatic rings. The first kappa shape index (κ1) is 16.6. The zero-order valence-corrected chi connectivity index (χ0v) is 12.4. The standard InChI is InChI=1S/C17H15F2NO3/c1-23-13-5-2-11(3-6-13)16(21)8-9-17(22)20-15-10-12(18)4-7-14(15)19/h2-7,10H,8-9H2,1H3,(H,20,22). The number of nitrogens with one attached hydrogen (secondary N) is 1. The van der Waals surface area contributed by atoms with Crippen molar-refractivity contribution in [2.45, 2.75) is 12.8 Å². The molecule has 0 aliphatic carbocycles. The zero-order chi connectivity index (χ0) is 16.8. The first-order chi connectivity index (χ1) is 11.0. The van der Waals surface area contributed by atoms with Gasteiger partial charge in [-0.1, -0.05) is 0 Å². The molecule has 0 aromatic heterocycles. The average Bonchev–Trinajstić information content (AvgIpc) is 2.56. The van der Waals surface area contributed by atoms with Gasteiger partial charge in [0, 0.05) is 24.5 Å². The number of hydrogen-bond acceptors (Lipinski definition) is 3. The van der Waals surface area contributed by atoms with E-state index in [9.17, 15) is 18.4 Å². The third-order valence-corrected chi connectivity index (χ3v) is 3.19. The van der Waals surface area contributed by atoms with E-state index in [1.165, 1.54) is 7.11 Å². The predicted octanol–water partition coefficient (Wildman–Crippen LogP) is 3.58. The third kappa shape index (κ3) is 4.60. The van der Waals surface area contributed by atoms with Crippen LogP contribution in [0.25, 0.3) is 0 Å². The second-order valence-corrected chi connectivity index (χ2v) is 4.82. The lowest BCUT2D eigenvalue weighted by molar-refractivity contribution is -0.116. The van der Waals surface area contributed by atoms with E-state index in [1.807, 2.05) is 0 Å². The van der Waals surface area contributed by atoms with Gasteiger partial charge in [0.15, 0.2) is 5.78 Å². The van der Waals surface area contributed by atoms with Crippen LogP contribution in [0.15, 0.2) is 42.5 Å². The van der Waals surface area contributed by atoms with E-state index in [0.29, 0.717) is 11.3 Å². The van der Waals surface area contributed by atoms with Crippen LogP contribution >= 0.6 is 0 Å². The summed E-state index contributed by atoms with van der Waals surface area (Å²) in [5.74, 6) is -1.54. The summed E-state index contributed by atoms with van der Waals surface area (Å²) in [4.78, 5) is 23.7. The molecule has 0 unspecified atom stereocenters. The Morgan fingerprint density at radius 3 is 2.39 bits per heavy atom. The summed E-state index contributed by atoms with van der Waals surface area (Å²) in [6.07, 6.45) is -0.157. The second-order valence-electron chi connectivity index (χ2n) is 4.82. The van der Waals surface area contributed by atoms with Crippen molar-refractivity contribution in [2.24, 2.45) is 0 Å². The zero-order valence-electron chi connectivity index (χ0n) is 12.4. The minimum absolute atomic E-state index is 0.0326.